The topological polar surface area (TPSA) is 51.2 Å². The minimum Gasteiger partial charge on any atom is -0.484 e. The van der Waals surface area contributed by atoms with E-state index in [9.17, 15) is 4.79 Å². The normalized spacial score (nSPS) is 10.4. The molecular weight excluding hydrogens is 276 g/mol. The Kier molecular flexibility index (Phi) is 4.01. The summed E-state index contributed by atoms with van der Waals surface area (Å²) in [5.74, 6) is 0.966. The van der Waals surface area contributed by atoms with Gasteiger partial charge in [0.1, 0.15) is 11.6 Å². The number of fused-ring (bicyclic) bond motifs is 1. The van der Waals surface area contributed by atoms with Crippen LogP contribution in [0.5, 0.6) is 5.75 Å². The van der Waals surface area contributed by atoms with Crippen molar-refractivity contribution in [2.24, 2.45) is 0 Å². The van der Waals surface area contributed by atoms with Gasteiger partial charge in [0.25, 0.3) is 5.91 Å². The fraction of sp³-hybridized carbons (Fsp3) is 0.111. The van der Waals surface area contributed by atoms with Gasteiger partial charge in [-0.25, -0.2) is 4.98 Å². The zero-order valence-corrected chi connectivity index (χ0v) is 12.2. The number of aromatic nitrogens is 1. The molecule has 0 unspecified atom stereocenters. The highest BCUT2D eigenvalue weighted by Crippen LogP contribution is 2.20. The molecule has 22 heavy (non-hydrogen) atoms. The number of rotatable bonds is 4. The third kappa shape index (κ3) is 3.41. The summed E-state index contributed by atoms with van der Waals surface area (Å²) in [6.45, 7) is 1.90. The van der Waals surface area contributed by atoms with Gasteiger partial charge in [0.05, 0.1) is 0 Å². The number of ether oxygens (including phenoxy) is 1. The maximum atomic E-state index is 11.9. The Morgan fingerprint density at radius 3 is 2.68 bits per heavy atom. The Labute approximate surface area is 128 Å². The van der Waals surface area contributed by atoms with Crippen molar-refractivity contribution in [3.8, 4) is 5.75 Å². The van der Waals surface area contributed by atoms with Crippen LogP contribution in [0.2, 0.25) is 0 Å². The standard InChI is InChI=1S/C18H16N2O2/c1-13-6-9-17(19-11-13)20-18(21)12-22-16-8-7-14-4-2-3-5-15(14)10-16/h2-11H,12H2,1H3,(H,19,20,21). The molecular formula is C18H16N2O2. The molecule has 4 heteroatoms. The Bertz CT molecular complexity index is 798. The van der Waals surface area contributed by atoms with Gasteiger partial charge in [-0.1, -0.05) is 36.4 Å². The summed E-state index contributed by atoms with van der Waals surface area (Å²) in [6, 6.07) is 17.4. The van der Waals surface area contributed by atoms with Gasteiger partial charge in [0, 0.05) is 6.20 Å². The highest BCUT2D eigenvalue weighted by Gasteiger charge is 2.05. The van der Waals surface area contributed by atoms with E-state index in [1.165, 1.54) is 0 Å². The second-order valence-electron chi connectivity index (χ2n) is 5.07. The number of anilines is 1. The van der Waals surface area contributed by atoms with E-state index in [1.807, 2.05) is 55.5 Å². The Hall–Kier alpha value is -2.88. The zero-order valence-electron chi connectivity index (χ0n) is 12.2. The summed E-state index contributed by atoms with van der Waals surface area (Å²) in [5, 5.41) is 4.93. The molecule has 1 N–H and O–H groups in total. The lowest BCUT2D eigenvalue weighted by Crippen LogP contribution is -2.20. The molecule has 0 aliphatic heterocycles. The molecule has 2 aromatic carbocycles. The molecule has 0 aliphatic rings. The lowest BCUT2D eigenvalue weighted by molar-refractivity contribution is -0.118. The van der Waals surface area contributed by atoms with Gasteiger partial charge in [-0.05, 0) is 41.5 Å². The van der Waals surface area contributed by atoms with E-state index in [-0.39, 0.29) is 12.5 Å². The molecule has 0 saturated heterocycles. The zero-order chi connectivity index (χ0) is 15.4. The summed E-state index contributed by atoms with van der Waals surface area (Å²) in [6.07, 6.45) is 1.71. The SMILES string of the molecule is Cc1ccc(NC(=O)COc2ccc3ccccc3c2)nc1. The lowest BCUT2D eigenvalue weighted by atomic mass is 10.1. The smallest absolute Gasteiger partial charge is 0.263 e. The Morgan fingerprint density at radius 2 is 1.91 bits per heavy atom. The molecule has 110 valence electrons. The van der Waals surface area contributed by atoms with Crippen molar-refractivity contribution in [1.29, 1.82) is 0 Å². The van der Waals surface area contributed by atoms with Crippen molar-refractivity contribution < 1.29 is 9.53 Å². The molecule has 1 amide bonds. The molecule has 3 aromatic rings. The number of nitrogens with one attached hydrogen (secondary N) is 1. The number of carbonyl (C=O) groups is 1. The highest BCUT2D eigenvalue weighted by atomic mass is 16.5. The molecule has 0 radical (unpaired) electrons. The molecule has 1 aromatic heterocycles. The van der Waals surface area contributed by atoms with E-state index < -0.39 is 0 Å². The number of hydrogen-bond acceptors (Lipinski definition) is 3. The minimum atomic E-state index is -0.232. The summed E-state index contributed by atoms with van der Waals surface area (Å²) in [7, 11) is 0. The summed E-state index contributed by atoms with van der Waals surface area (Å²) >= 11 is 0. The van der Waals surface area contributed by atoms with E-state index in [1.54, 1.807) is 12.3 Å². The van der Waals surface area contributed by atoms with E-state index in [2.05, 4.69) is 10.3 Å². The van der Waals surface area contributed by atoms with Crippen LogP contribution >= 0.6 is 0 Å². The second-order valence-corrected chi connectivity index (χ2v) is 5.07. The Morgan fingerprint density at radius 1 is 1.09 bits per heavy atom. The summed E-state index contributed by atoms with van der Waals surface area (Å²) in [4.78, 5) is 16.0. The van der Waals surface area contributed by atoms with Gasteiger partial charge < -0.3 is 10.1 Å². The molecule has 0 fully saturated rings. The van der Waals surface area contributed by atoms with Gasteiger partial charge in [-0.2, -0.15) is 0 Å². The number of nitrogens with zero attached hydrogens (tertiary/aromatic N) is 1. The first-order valence-electron chi connectivity index (χ1n) is 7.05. The van der Waals surface area contributed by atoms with Gasteiger partial charge in [-0.15, -0.1) is 0 Å². The van der Waals surface area contributed by atoms with Crippen molar-refractivity contribution in [3.63, 3.8) is 0 Å². The summed E-state index contributed by atoms with van der Waals surface area (Å²) < 4.78 is 5.53. The molecule has 4 nitrogen and oxygen atoms in total. The van der Waals surface area contributed by atoms with Crippen molar-refractivity contribution in [3.05, 3.63) is 66.4 Å². The fourth-order valence-corrected chi connectivity index (χ4v) is 2.13. The number of carbonyl (C=O) groups excluding carboxylic acids is 1. The number of hydrogen-bond donors (Lipinski definition) is 1. The fourth-order valence-electron chi connectivity index (χ4n) is 2.13. The molecule has 3 rings (SSSR count). The average Bonchev–Trinajstić information content (AvgIpc) is 2.55. The maximum absolute atomic E-state index is 11.9. The first-order valence-corrected chi connectivity index (χ1v) is 7.05. The van der Waals surface area contributed by atoms with Crippen LogP contribution in [0.15, 0.2) is 60.8 Å². The quantitative estimate of drug-likeness (QED) is 0.800. The van der Waals surface area contributed by atoms with Crippen LogP contribution in [-0.4, -0.2) is 17.5 Å². The van der Waals surface area contributed by atoms with Crippen LogP contribution in [0, 0.1) is 6.92 Å². The Balaban J connectivity index is 1.60. The van der Waals surface area contributed by atoms with Crippen LogP contribution in [0.4, 0.5) is 5.82 Å². The van der Waals surface area contributed by atoms with Crippen LogP contribution in [0.1, 0.15) is 5.56 Å². The number of aryl methyl sites for hydroxylation is 1. The van der Waals surface area contributed by atoms with Crippen molar-refractivity contribution >= 4 is 22.5 Å². The third-order valence-electron chi connectivity index (χ3n) is 3.27. The second kappa shape index (κ2) is 6.26. The van der Waals surface area contributed by atoms with Crippen LogP contribution in [-0.2, 0) is 4.79 Å². The van der Waals surface area contributed by atoms with E-state index in [4.69, 9.17) is 4.74 Å². The van der Waals surface area contributed by atoms with Gasteiger partial charge >= 0.3 is 0 Å². The van der Waals surface area contributed by atoms with Gasteiger partial charge in [0.2, 0.25) is 0 Å². The lowest BCUT2D eigenvalue weighted by Gasteiger charge is -2.08. The van der Waals surface area contributed by atoms with E-state index in [0.717, 1.165) is 16.3 Å². The minimum absolute atomic E-state index is 0.0477. The predicted molar refractivity (Wildman–Crippen MR) is 87.0 cm³/mol. The number of benzene rings is 2. The number of pyridine rings is 1. The number of amides is 1. The van der Waals surface area contributed by atoms with Crippen molar-refractivity contribution in [1.82, 2.24) is 4.98 Å². The van der Waals surface area contributed by atoms with Crippen LogP contribution in [0.3, 0.4) is 0 Å². The molecule has 1 heterocycles. The molecule has 0 saturated carbocycles. The molecule has 0 aliphatic carbocycles. The predicted octanol–water partition coefficient (Wildman–Crippen LogP) is 3.56. The van der Waals surface area contributed by atoms with E-state index in [0.29, 0.717) is 11.6 Å². The largest absolute Gasteiger partial charge is 0.484 e. The van der Waals surface area contributed by atoms with Gasteiger partial charge in [0.15, 0.2) is 6.61 Å². The highest BCUT2D eigenvalue weighted by molar-refractivity contribution is 5.91. The van der Waals surface area contributed by atoms with Gasteiger partial charge in [-0.3, -0.25) is 4.79 Å². The van der Waals surface area contributed by atoms with Crippen LogP contribution < -0.4 is 10.1 Å². The third-order valence-corrected chi connectivity index (χ3v) is 3.27. The first-order chi connectivity index (χ1) is 10.7. The van der Waals surface area contributed by atoms with Crippen molar-refractivity contribution in [2.75, 3.05) is 11.9 Å². The van der Waals surface area contributed by atoms with E-state index >= 15 is 0 Å². The first kappa shape index (κ1) is 14.1. The molecule has 0 bridgehead atoms. The molecule has 0 spiro atoms. The van der Waals surface area contributed by atoms with Crippen molar-refractivity contribution in [2.45, 2.75) is 6.92 Å². The maximum Gasteiger partial charge on any atom is 0.263 e. The monoisotopic (exact) mass is 292 g/mol. The molecule has 0 atom stereocenters. The van der Waals surface area contributed by atoms with Crippen LogP contribution in [0.25, 0.3) is 10.8 Å². The summed E-state index contributed by atoms with van der Waals surface area (Å²) in [5.41, 5.74) is 1.05. The average molecular weight is 292 g/mol.